The number of carbonyl (C=O) groups excluding carboxylic acids is 4. The SMILES string of the molecule is O=C1CCCCC(=O)OOC(=O)CCC(=O)OO1. The molecule has 100 valence electrons. The Kier molecular flexibility index (Phi) is 5.62. The minimum absolute atomic E-state index is 0.0142. The lowest BCUT2D eigenvalue weighted by atomic mass is 10.2. The Labute approximate surface area is 102 Å². The van der Waals surface area contributed by atoms with Crippen LogP contribution in [0.1, 0.15) is 38.5 Å². The Morgan fingerprint density at radius 3 is 1.11 bits per heavy atom. The zero-order valence-electron chi connectivity index (χ0n) is 9.51. The Hall–Kier alpha value is -2.12. The smallest absolute Gasteiger partial charge is 0.247 e. The summed E-state index contributed by atoms with van der Waals surface area (Å²) in [5.74, 6) is -3.19. The van der Waals surface area contributed by atoms with E-state index in [9.17, 15) is 19.2 Å². The molecule has 18 heavy (non-hydrogen) atoms. The summed E-state index contributed by atoms with van der Waals surface area (Å²) in [6.07, 6.45) is 0.0624. The predicted molar refractivity (Wildman–Crippen MR) is 52.1 cm³/mol. The highest BCUT2D eigenvalue weighted by Gasteiger charge is 2.16. The van der Waals surface area contributed by atoms with Crippen LogP contribution in [-0.4, -0.2) is 23.9 Å². The zero-order valence-corrected chi connectivity index (χ0v) is 9.51. The van der Waals surface area contributed by atoms with E-state index in [1.165, 1.54) is 0 Å². The quantitative estimate of drug-likeness (QED) is 0.574. The van der Waals surface area contributed by atoms with Gasteiger partial charge in [0.1, 0.15) is 0 Å². The zero-order chi connectivity index (χ0) is 13.4. The highest BCUT2D eigenvalue weighted by Crippen LogP contribution is 2.06. The lowest BCUT2D eigenvalue weighted by Crippen LogP contribution is -2.16. The summed E-state index contributed by atoms with van der Waals surface area (Å²) in [5, 5.41) is 0. The van der Waals surface area contributed by atoms with Gasteiger partial charge in [0.2, 0.25) is 0 Å². The van der Waals surface area contributed by atoms with Crippen LogP contribution in [0.4, 0.5) is 0 Å². The molecule has 1 aliphatic rings. The monoisotopic (exact) mass is 260 g/mol. The molecule has 1 rings (SSSR count). The summed E-state index contributed by atoms with van der Waals surface area (Å²) >= 11 is 0. The number of carbonyl (C=O) groups is 4. The molecule has 1 saturated heterocycles. The second-order valence-electron chi connectivity index (χ2n) is 3.53. The van der Waals surface area contributed by atoms with Crippen molar-refractivity contribution in [2.24, 2.45) is 0 Å². The maximum Gasteiger partial charge on any atom is 0.356 e. The van der Waals surface area contributed by atoms with Crippen molar-refractivity contribution in [3.05, 3.63) is 0 Å². The first-order valence-electron chi connectivity index (χ1n) is 5.38. The van der Waals surface area contributed by atoms with Crippen molar-refractivity contribution in [2.75, 3.05) is 0 Å². The molecular formula is C10H12O8. The molecule has 0 amide bonds. The molecule has 1 fully saturated rings. The first-order valence-corrected chi connectivity index (χ1v) is 5.38. The van der Waals surface area contributed by atoms with E-state index < -0.39 is 23.9 Å². The van der Waals surface area contributed by atoms with Crippen LogP contribution in [0.2, 0.25) is 0 Å². The molecule has 0 aromatic rings. The lowest BCUT2D eigenvalue weighted by molar-refractivity contribution is -0.264. The van der Waals surface area contributed by atoms with Gasteiger partial charge in [-0.25, -0.2) is 38.7 Å². The van der Waals surface area contributed by atoms with E-state index in [0.29, 0.717) is 12.8 Å². The topological polar surface area (TPSA) is 105 Å². The van der Waals surface area contributed by atoms with Gasteiger partial charge in [-0.05, 0) is 12.8 Å². The summed E-state index contributed by atoms with van der Waals surface area (Å²) in [6, 6.07) is 0. The van der Waals surface area contributed by atoms with Gasteiger partial charge >= 0.3 is 23.9 Å². The maximum absolute atomic E-state index is 11.0. The second-order valence-corrected chi connectivity index (χ2v) is 3.53. The molecule has 0 saturated carbocycles. The normalized spacial score (nSPS) is 20.0. The van der Waals surface area contributed by atoms with E-state index in [4.69, 9.17) is 0 Å². The first-order chi connectivity index (χ1) is 8.58. The molecular weight excluding hydrogens is 248 g/mol. The Bertz CT molecular complexity index is 314. The van der Waals surface area contributed by atoms with Crippen LogP contribution < -0.4 is 0 Å². The molecule has 0 aromatic heterocycles. The van der Waals surface area contributed by atoms with Crippen LogP contribution in [0.3, 0.4) is 0 Å². The largest absolute Gasteiger partial charge is 0.356 e. The number of hydrogen-bond donors (Lipinski definition) is 0. The van der Waals surface area contributed by atoms with Gasteiger partial charge in [0.15, 0.2) is 0 Å². The molecule has 8 nitrogen and oxygen atoms in total. The van der Waals surface area contributed by atoms with Crippen molar-refractivity contribution in [1.29, 1.82) is 0 Å². The fourth-order valence-corrected chi connectivity index (χ4v) is 1.10. The van der Waals surface area contributed by atoms with Crippen molar-refractivity contribution in [2.45, 2.75) is 38.5 Å². The van der Waals surface area contributed by atoms with Gasteiger partial charge in [0.05, 0.1) is 25.7 Å². The summed E-state index contributed by atoms with van der Waals surface area (Å²) in [6.45, 7) is 0. The van der Waals surface area contributed by atoms with E-state index in [1.807, 2.05) is 0 Å². The summed E-state index contributed by atoms with van der Waals surface area (Å²) < 4.78 is 0. The summed E-state index contributed by atoms with van der Waals surface area (Å²) in [5.41, 5.74) is 0. The maximum atomic E-state index is 11.0. The second kappa shape index (κ2) is 7.25. The fourth-order valence-electron chi connectivity index (χ4n) is 1.10. The van der Waals surface area contributed by atoms with E-state index >= 15 is 0 Å². The van der Waals surface area contributed by atoms with Gasteiger partial charge < -0.3 is 0 Å². The van der Waals surface area contributed by atoms with Crippen molar-refractivity contribution in [3.8, 4) is 0 Å². The van der Waals surface area contributed by atoms with Crippen LogP contribution in [0.15, 0.2) is 0 Å². The molecule has 0 aliphatic carbocycles. The van der Waals surface area contributed by atoms with Crippen molar-refractivity contribution < 1.29 is 38.7 Å². The highest BCUT2D eigenvalue weighted by molar-refractivity contribution is 5.78. The third kappa shape index (κ3) is 5.83. The molecule has 0 N–H and O–H groups in total. The van der Waals surface area contributed by atoms with Crippen molar-refractivity contribution in [1.82, 2.24) is 0 Å². The molecule has 0 aromatic carbocycles. The molecule has 0 bridgehead atoms. The van der Waals surface area contributed by atoms with Gasteiger partial charge in [-0.15, -0.1) is 0 Å². The summed E-state index contributed by atoms with van der Waals surface area (Å²) in [4.78, 5) is 60.8. The van der Waals surface area contributed by atoms with Gasteiger partial charge in [-0.3, -0.25) is 0 Å². The van der Waals surface area contributed by atoms with E-state index in [1.54, 1.807) is 0 Å². The van der Waals surface area contributed by atoms with Gasteiger partial charge in [-0.1, -0.05) is 0 Å². The molecule has 1 aliphatic heterocycles. The lowest BCUT2D eigenvalue weighted by Gasteiger charge is -2.05. The number of hydrogen-bond acceptors (Lipinski definition) is 8. The van der Waals surface area contributed by atoms with Crippen LogP contribution >= 0.6 is 0 Å². The molecule has 0 atom stereocenters. The van der Waals surface area contributed by atoms with Crippen molar-refractivity contribution in [3.63, 3.8) is 0 Å². The van der Waals surface area contributed by atoms with Gasteiger partial charge in [0, 0.05) is 0 Å². The van der Waals surface area contributed by atoms with Crippen LogP contribution in [0.25, 0.3) is 0 Å². The number of rotatable bonds is 0. The molecule has 0 spiro atoms. The minimum atomic E-state index is -0.885. The third-order valence-corrected chi connectivity index (χ3v) is 2.00. The highest BCUT2D eigenvalue weighted by atomic mass is 17.2. The average molecular weight is 260 g/mol. The first kappa shape index (κ1) is 13.9. The van der Waals surface area contributed by atoms with Gasteiger partial charge in [-0.2, -0.15) is 0 Å². The van der Waals surface area contributed by atoms with E-state index in [0.717, 1.165) is 0 Å². The van der Waals surface area contributed by atoms with E-state index in [2.05, 4.69) is 19.6 Å². The Morgan fingerprint density at radius 2 is 0.778 bits per heavy atom. The molecule has 0 unspecified atom stereocenters. The predicted octanol–water partition coefficient (Wildman–Crippen LogP) is 0.343. The Balaban J connectivity index is 2.47. The standard InChI is InChI=1S/C10H12O8/c11-7-3-1-2-4-8(12)16-18-10(14)6-5-9(13)17-15-7/h1-6H2. The van der Waals surface area contributed by atoms with Crippen LogP contribution in [-0.2, 0) is 38.7 Å². The average Bonchev–Trinajstić information content (AvgIpc) is 2.35. The van der Waals surface area contributed by atoms with Crippen LogP contribution in [0.5, 0.6) is 0 Å². The molecule has 8 heteroatoms. The van der Waals surface area contributed by atoms with Crippen molar-refractivity contribution >= 4 is 23.9 Å². The van der Waals surface area contributed by atoms with Crippen LogP contribution in [0, 0.1) is 0 Å². The molecule has 0 radical (unpaired) electrons. The van der Waals surface area contributed by atoms with E-state index in [-0.39, 0.29) is 25.7 Å². The van der Waals surface area contributed by atoms with Gasteiger partial charge in [0.25, 0.3) is 0 Å². The Morgan fingerprint density at radius 1 is 0.500 bits per heavy atom. The third-order valence-electron chi connectivity index (χ3n) is 2.00. The fraction of sp³-hybridized carbons (Fsp3) is 0.600. The molecule has 1 heterocycles. The minimum Gasteiger partial charge on any atom is -0.247 e. The summed E-state index contributed by atoms with van der Waals surface area (Å²) in [7, 11) is 0.